The van der Waals surface area contributed by atoms with Crippen LogP contribution >= 0.6 is 0 Å². The van der Waals surface area contributed by atoms with Gasteiger partial charge in [0, 0.05) is 12.1 Å². The molecular formula is C20H24O5. The van der Waals surface area contributed by atoms with Crippen molar-refractivity contribution < 1.29 is 19.0 Å². The minimum absolute atomic E-state index is 0.0902. The lowest BCUT2D eigenvalue weighted by atomic mass is 10.1. The summed E-state index contributed by atoms with van der Waals surface area (Å²) >= 11 is 0. The molecule has 5 heteroatoms. The molecule has 0 atom stereocenters. The van der Waals surface area contributed by atoms with Crippen molar-refractivity contribution in [2.75, 3.05) is 13.2 Å². The van der Waals surface area contributed by atoms with Crippen LogP contribution in [0.3, 0.4) is 0 Å². The highest BCUT2D eigenvalue weighted by molar-refractivity contribution is 5.88. The SMILES string of the molecule is CC(C)=CCOc1cc2oc(C)cc(=O)c2c(O)c1OCC=C(C)C. The van der Waals surface area contributed by atoms with Gasteiger partial charge in [-0.2, -0.15) is 0 Å². The molecule has 0 amide bonds. The Morgan fingerprint density at radius 2 is 1.68 bits per heavy atom. The molecule has 0 aliphatic carbocycles. The molecule has 0 radical (unpaired) electrons. The predicted molar refractivity (Wildman–Crippen MR) is 98.7 cm³/mol. The summed E-state index contributed by atoms with van der Waals surface area (Å²) in [5, 5.41) is 10.7. The Morgan fingerprint density at radius 3 is 2.28 bits per heavy atom. The zero-order valence-corrected chi connectivity index (χ0v) is 15.3. The van der Waals surface area contributed by atoms with E-state index in [9.17, 15) is 9.90 Å². The summed E-state index contributed by atoms with van der Waals surface area (Å²) < 4.78 is 17.0. The Morgan fingerprint density at radius 1 is 1.08 bits per heavy atom. The van der Waals surface area contributed by atoms with E-state index in [1.807, 2.05) is 39.8 Å². The third kappa shape index (κ3) is 4.66. The Kier molecular flexibility index (Phi) is 5.91. The molecule has 1 heterocycles. The normalized spacial score (nSPS) is 10.4. The van der Waals surface area contributed by atoms with Crippen LogP contribution in [0.15, 0.2) is 44.6 Å². The second kappa shape index (κ2) is 7.92. The van der Waals surface area contributed by atoms with Crippen LogP contribution in [-0.2, 0) is 0 Å². The molecule has 5 nitrogen and oxygen atoms in total. The Bertz CT molecular complexity index is 879. The lowest BCUT2D eigenvalue weighted by molar-refractivity contribution is 0.293. The van der Waals surface area contributed by atoms with Crippen LogP contribution in [0.2, 0.25) is 0 Å². The first-order chi connectivity index (χ1) is 11.8. The van der Waals surface area contributed by atoms with Crippen LogP contribution in [0, 0.1) is 6.92 Å². The molecule has 25 heavy (non-hydrogen) atoms. The van der Waals surface area contributed by atoms with Gasteiger partial charge in [-0.3, -0.25) is 4.79 Å². The summed E-state index contributed by atoms with van der Waals surface area (Å²) in [5.41, 5.74) is 2.14. The van der Waals surface area contributed by atoms with Crippen LogP contribution in [0.5, 0.6) is 17.2 Å². The number of aryl methyl sites for hydroxylation is 1. The van der Waals surface area contributed by atoms with E-state index >= 15 is 0 Å². The minimum Gasteiger partial charge on any atom is -0.504 e. The van der Waals surface area contributed by atoms with Gasteiger partial charge < -0.3 is 19.0 Å². The van der Waals surface area contributed by atoms with Crippen molar-refractivity contribution in [3.8, 4) is 17.2 Å². The molecule has 134 valence electrons. The number of benzene rings is 1. The summed E-state index contributed by atoms with van der Waals surface area (Å²) in [5.74, 6) is 0.674. The van der Waals surface area contributed by atoms with Gasteiger partial charge in [-0.25, -0.2) is 0 Å². The number of fused-ring (bicyclic) bond motifs is 1. The molecule has 1 N–H and O–H groups in total. The van der Waals surface area contributed by atoms with Gasteiger partial charge in [0.05, 0.1) is 0 Å². The van der Waals surface area contributed by atoms with Gasteiger partial charge in [0.15, 0.2) is 16.9 Å². The average Bonchev–Trinajstić information content (AvgIpc) is 2.48. The average molecular weight is 344 g/mol. The first kappa shape index (κ1) is 18.6. The van der Waals surface area contributed by atoms with Crippen LogP contribution in [-0.4, -0.2) is 18.3 Å². The van der Waals surface area contributed by atoms with Crippen molar-refractivity contribution >= 4 is 11.0 Å². The number of rotatable bonds is 6. The molecule has 0 aliphatic rings. The fourth-order valence-electron chi connectivity index (χ4n) is 2.22. The van der Waals surface area contributed by atoms with Gasteiger partial charge in [0.2, 0.25) is 5.75 Å². The van der Waals surface area contributed by atoms with Crippen LogP contribution in [0.25, 0.3) is 11.0 Å². The first-order valence-electron chi connectivity index (χ1n) is 8.12. The quantitative estimate of drug-likeness (QED) is 0.782. The van der Waals surface area contributed by atoms with Gasteiger partial charge >= 0.3 is 0 Å². The number of aromatic hydroxyl groups is 1. The first-order valence-corrected chi connectivity index (χ1v) is 8.12. The number of hydrogen-bond acceptors (Lipinski definition) is 5. The summed E-state index contributed by atoms with van der Waals surface area (Å²) in [6, 6.07) is 2.92. The smallest absolute Gasteiger partial charge is 0.204 e. The van der Waals surface area contributed by atoms with E-state index in [1.165, 1.54) is 6.07 Å². The number of phenols is 1. The predicted octanol–water partition coefficient (Wildman–Crippen LogP) is 4.50. The summed E-state index contributed by atoms with van der Waals surface area (Å²) in [7, 11) is 0. The summed E-state index contributed by atoms with van der Waals surface area (Å²) in [4.78, 5) is 12.2. The number of phenolic OH excluding ortho intramolecular Hbond substituents is 1. The largest absolute Gasteiger partial charge is 0.504 e. The molecule has 1 aromatic heterocycles. The fraction of sp³-hybridized carbons (Fsp3) is 0.350. The van der Waals surface area contributed by atoms with E-state index in [0.29, 0.717) is 18.1 Å². The maximum absolute atomic E-state index is 12.2. The van der Waals surface area contributed by atoms with Crippen LogP contribution in [0.1, 0.15) is 33.5 Å². The summed E-state index contributed by atoms with van der Waals surface area (Å²) in [6.45, 7) is 10.1. The second-order valence-corrected chi connectivity index (χ2v) is 6.33. The molecule has 0 aliphatic heterocycles. The Labute approximate surface area is 147 Å². The van der Waals surface area contributed by atoms with E-state index in [1.54, 1.807) is 13.0 Å². The number of ether oxygens (including phenoxy) is 2. The number of hydrogen-bond donors (Lipinski definition) is 1. The van der Waals surface area contributed by atoms with Gasteiger partial charge in [-0.05, 0) is 46.8 Å². The Balaban J connectivity index is 2.54. The third-order valence-electron chi connectivity index (χ3n) is 3.49. The molecular weight excluding hydrogens is 320 g/mol. The highest BCUT2D eigenvalue weighted by Crippen LogP contribution is 2.42. The zero-order chi connectivity index (χ0) is 18.6. The van der Waals surface area contributed by atoms with Gasteiger partial charge in [-0.1, -0.05) is 11.1 Å². The van der Waals surface area contributed by atoms with E-state index in [2.05, 4.69) is 0 Å². The van der Waals surface area contributed by atoms with E-state index in [4.69, 9.17) is 13.9 Å². The van der Waals surface area contributed by atoms with Gasteiger partial charge in [0.1, 0.15) is 29.9 Å². The molecule has 0 unspecified atom stereocenters. The lowest BCUT2D eigenvalue weighted by Gasteiger charge is -2.14. The monoisotopic (exact) mass is 344 g/mol. The fourth-order valence-corrected chi connectivity index (χ4v) is 2.22. The second-order valence-electron chi connectivity index (χ2n) is 6.33. The van der Waals surface area contributed by atoms with Crippen molar-refractivity contribution in [3.05, 3.63) is 51.4 Å². The maximum atomic E-state index is 12.2. The van der Waals surface area contributed by atoms with Crippen LogP contribution in [0.4, 0.5) is 0 Å². The Hall–Kier alpha value is -2.69. The zero-order valence-electron chi connectivity index (χ0n) is 15.3. The molecule has 0 spiro atoms. The summed E-state index contributed by atoms with van der Waals surface area (Å²) in [6.07, 6.45) is 3.79. The van der Waals surface area contributed by atoms with E-state index in [0.717, 1.165) is 11.1 Å². The van der Waals surface area contributed by atoms with Crippen molar-refractivity contribution in [2.24, 2.45) is 0 Å². The van der Waals surface area contributed by atoms with E-state index < -0.39 is 0 Å². The van der Waals surface area contributed by atoms with Crippen molar-refractivity contribution in [1.29, 1.82) is 0 Å². The topological polar surface area (TPSA) is 68.9 Å². The number of allylic oxidation sites excluding steroid dienone is 2. The van der Waals surface area contributed by atoms with Gasteiger partial charge in [-0.15, -0.1) is 0 Å². The maximum Gasteiger partial charge on any atom is 0.204 e. The molecule has 2 rings (SSSR count). The highest BCUT2D eigenvalue weighted by atomic mass is 16.5. The van der Waals surface area contributed by atoms with Crippen molar-refractivity contribution in [1.82, 2.24) is 0 Å². The molecule has 2 aromatic rings. The minimum atomic E-state index is -0.320. The molecule has 0 saturated heterocycles. The molecule has 0 fully saturated rings. The third-order valence-corrected chi connectivity index (χ3v) is 3.49. The lowest BCUT2D eigenvalue weighted by Crippen LogP contribution is -2.05. The van der Waals surface area contributed by atoms with Crippen molar-refractivity contribution in [3.63, 3.8) is 0 Å². The standard InChI is InChI=1S/C20H24O5/c1-12(2)6-8-23-17-11-16-18(15(21)10-14(5)25-16)19(22)20(17)24-9-7-13(3)4/h6-7,10-11,22H,8-9H2,1-5H3. The van der Waals surface area contributed by atoms with E-state index in [-0.39, 0.29) is 34.5 Å². The molecule has 0 saturated carbocycles. The van der Waals surface area contributed by atoms with Crippen LogP contribution < -0.4 is 14.9 Å². The molecule has 0 bridgehead atoms. The highest BCUT2D eigenvalue weighted by Gasteiger charge is 2.19. The van der Waals surface area contributed by atoms with Crippen molar-refractivity contribution in [2.45, 2.75) is 34.6 Å². The molecule has 1 aromatic carbocycles. The van der Waals surface area contributed by atoms with Gasteiger partial charge in [0.25, 0.3) is 0 Å².